The minimum Gasteiger partial charge on any atom is -0.619 e. The number of nitrogens with zero attached hydrogens (tertiary/aromatic N) is 2. The zero-order valence-electron chi connectivity index (χ0n) is 13.7. The number of carbonyl (C=O) groups is 2. The summed E-state index contributed by atoms with van der Waals surface area (Å²) >= 11 is 0. The fraction of sp³-hybridized carbons (Fsp3) is 0.250. The van der Waals surface area contributed by atoms with Crippen molar-refractivity contribution in [2.24, 2.45) is 0 Å². The Balaban J connectivity index is 2.94. The van der Waals surface area contributed by atoms with Gasteiger partial charge in [0, 0.05) is 13.0 Å². The summed E-state index contributed by atoms with van der Waals surface area (Å²) in [5, 5.41) is 24.2. The smallest absolute Gasteiger partial charge is 0.345 e. The normalized spacial score (nSPS) is 10.3. The standard InChI is InChI=1S/C16H16N2O6/c1-9-12(15(19)23-3)10(2)18(22)14(13(9)16(20)24-4)11-6-5-7-17(21)8-11/h5-8H,1-4H3. The van der Waals surface area contributed by atoms with Gasteiger partial charge >= 0.3 is 11.9 Å². The van der Waals surface area contributed by atoms with Crippen LogP contribution in [0.3, 0.4) is 0 Å². The molecule has 0 spiro atoms. The summed E-state index contributed by atoms with van der Waals surface area (Å²) in [7, 11) is 2.34. The topological polar surface area (TPSA) is 106 Å². The third-order valence-electron chi connectivity index (χ3n) is 3.68. The minimum atomic E-state index is -0.793. The molecule has 0 aromatic carbocycles. The SMILES string of the molecule is COC(=O)c1c(C)c(C(=O)OC)c(-c2ccc[n+]([O-])c2)[n+]([O-])c1C. The van der Waals surface area contributed by atoms with E-state index in [2.05, 4.69) is 4.74 Å². The van der Waals surface area contributed by atoms with Gasteiger partial charge < -0.3 is 19.9 Å². The third kappa shape index (κ3) is 2.73. The number of hydrogen-bond acceptors (Lipinski definition) is 6. The van der Waals surface area contributed by atoms with Crippen LogP contribution in [0.1, 0.15) is 32.0 Å². The van der Waals surface area contributed by atoms with Crippen molar-refractivity contribution in [3.63, 3.8) is 0 Å². The average Bonchev–Trinajstić information content (AvgIpc) is 2.57. The molecule has 0 amide bonds. The Morgan fingerprint density at radius 3 is 2.17 bits per heavy atom. The van der Waals surface area contributed by atoms with Gasteiger partial charge in [0.05, 0.1) is 14.2 Å². The highest BCUT2D eigenvalue weighted by Gasteiger charge is 2.33. The molecule has 2 heterocycles. The van der Waals surface area contributed by atoms with Crippen LogP contribution in [0.2, 0.25) is 0 Å². The number of rotatable bonds is 3. The second-order valence-electron chi connectivity index (χ2n) is 5.04. The van der Waals surface area contributed by atoms with Crippen molar-refractivity contribution in [1.82, 2.24) is 0 Å². The second kappa shape index (κ2) is 6.53. The van der Waals surface area contributed by atoms with Gasteiger partial charge in [-0.1, -0.05) is 0 Å². The Hall–Kier alpha value is -3.16. The lowest BCUT2D eigenvalue weighted by molar-refractivity contribution is -0.610. The lowest BCUT2D eigenvalue weighted by Gasteiger charge is -2.16. The number of hydrogen-bond donors (Lipinski definition) is 0. The van der Waals surface area contributed by atoms with Crippen molar-refractivity contribution >= 4 is 11.9 Å². The fourth-order valence-electron chi connectivity index (χ4n) is 2.56. The van der Waals surface area contributed by atoms with Crippen LogP contribution in [-0.2, 0) is 9.47 Å². The van der Waals surface area contributed by atoms with Gasteiger partial charge in [0.25, 0.3) is 0 Å². The van der Waals surface area contributed by atoms with E-state index in [0.29, 0.717) is 9.46 Å². The Bertz CT molecular complexity index is 832. The second-order valence-corrected chi connectivity index (χ2v) is 5.04. The van der Waals surface area contributed by atoms with E-state index >= 15 is 0 Å². The van der Waals surface area contributed by atoms with Crippen molar-refractivity contribution in [2.75, 3.05) is 14.2 Å². The highest BCUT2D eigenvalue weighted by Crippen LogP contribution is 2.27. The first kappa shape index (κ1) is 17.2. The molecular weight excluding hydrogens is 316 g/mol. The van der Waals surface area contributed by atoms with E-state index in [9.17, 15) is 20.0 Å². The van der Waals surface area contributed by atoms with E-state index in [1.165, 1.54) is 39.3 Å². The molecule has 8 heteroatoms. The monoisotopic (exact) mass is 332 g/mol. The summed E-state index contributed by atoms with van der Waals surface area (Å²) in [6.07, 6.45) is 2.41. The van der Waals surface area contributed by atoms with Gasteiger partial charge in [0.1, 0.15) is 16.7 Å². The molecule has 2 rings (SSSR count). The highest BCUT2D eigenvalue weighted by molar-refractivity contribution is 6.01. The summed E-state index contributed by atoms with van der Waals surface area (Å²) in [5.74, 6) is -1.53. The Kier molecular flexibility index (Phi) is 4.68. The van der Waals surface area contributed by atoms with Crippen LogP contribution in [0.15, 0.2) is 24.5 Å². The molecule has 0 radical (unpaired) electrons. The molecule has 0 aliphatic rings. The van der Waals surface area contributed by atoms with Gasteiger partial charge in [0.2, 0.25) is 11.4 Å². The Morgan fingerprint density at radius 1 is 1.04 bits per heavy atom. The van der Waals surface area contributed by atoms with Gasteiger partial charge in [-0.3, -0.25) is 0 Å². The molecule has 0 saturated carbocycles. The molecule has 0 N–H and O–H groups in total. The van der Waals surface area contributed by atoms with Gasteiger partial charge in [-0.15, -0.1) is 0 Å². The molecule has 0 aliphatic heterocycles. The van der Waals surface area contributed by atoms with E-state index in [1.54, 1.807) is 0 Å². The Morgan fingerprint density at radius 2 is 1.62 bits per heavy atom. The number of ether oxygens (including phenoxy) is 2. The summed E-state index contributed by atoms with van der Waals surface area (Å²) in [6.45, 7) is 2.95. The molecule has 0 aliphatic carbocycles. The summed E-state index contributed by atoms with van der Waals surface area (Å²) in [4.78, 5) is 24.2. The minimum absolute atomic E-state index is 0.0115. The number of esters is 2. The molecule has 126 valence electrons. The lowest BCUT2D eigenvalue weighted by Crippen LogP contribution is -2.39. The van der Waals surface area contributed by atoms with Crippen molar-refractivity contribution in [3.05, 3.63) is 57.3 Å². The fourth-order valence-corrected chi connectivity index (χ4v) is 2.56. The van der Waals surface area contributed by atoms with Crippen molar-refractivity contribution in [3.8, 4) is 11.3 Å². The molecular formula is C16H16N2O6. The van der Waals surface area contributed by atoms with Crippen molar-refractivity contribution in [2.45, 2.75) is 13.8 Å². The average molecular weight is 332 g/mol. The number of pyridine rings is 2. The van der Waals surface area contributed by atoms with E-state index in [1.807, 2.05) is 0 Å². The van der Waals surface area contributed by atoms with Crippen molar-refractivity contribution in [1.29, 1.82) is 0 Å². The van der Waals surface area contributed by atoms with Gasteiger partial charge in [-0.25, -0.2) is 9.59 Å². The first-order valence-corrected chi connectivity index (χ1v) is 6.96. The van der Waals surface area contributed by atoms with Crippen LogP contribution in [0, 0.1) is 24.3 Å². The molecule has 24 heavy (non-hydrogen) atoms. The van der Waals surface area contributed by atoms with Crippen molar-refractivity contribution < 1.29 is 28.5 Å². The zero-order valence-corrected chi connectivity index (χ0v) is 13.7. The predicted molar refractivity (Wildman–Crippen MR) is 82.0 cm³/mol. The maximum absolute atomic E-state index is 12.7. The van der Waals surface area contributed by atoms with Gasteiger partial charge in [-0.05, 0) is 18.6 Å². The molecule has 0 bridgehead atoms. The maximum Gasteiger partial charge on any atom is 0.345 e. The van der Waals surface area contributed by atoms with Gasteiger partial charge in [0.15, 0.2) is 12.4 Å². The summed E-state index contributed by atoms with van der Waals surface area (Å²) in [5.41, 5.74) is 0.366. The summed E-state index contributed by atoms with van der Waals surface area (Å²) in [6, 6.07) is 2.96. The third-order valence-corrected chi connectivity index (χ3v) is 3.68. The van der Waals surface area contributed by atoms with Crippen LogP contribution in [0.25, 0.3) is 11.3 Å². The largest absolute Gasteiger partial charge is 0.619 e. The number of carbonyl (C=O) groups excluding carboxylic acids is 2. The van der Waals surface area contributed by atoms with E-state index in [0.717, 1.165) is 13.3 Å². The molecule has 2 aromatic heterocycles. The van der Waals surface area contributed by atoms with Gasteiger partial charge in [-0.2, -0.15) is 9.46 Å². The van der Waals surface area contributed by atoms with E-state index in [-0.39, 0.29) is 33.6 Å². The zero-order chi connectivity index (χ0) is 18.0. The van der Waals surface area contributed by atoms with Crippen LogP contribution in [0.4, 0.5) is 0 Å². The van der Waals surface area contributed by atoms with Crippen LogP contribution >= 0.6 is 0 Å². The number of methoxy groups -OCH3 is 2. The number of aromatic nitrogens is 2. The molecule has 8 nitrogen and oxygen atoms in total. The quantitative estimate of drug-likeness (QED) is 0.468. The van der Waals surface area contributed by atoms with Crippen LogP contribution < -0.4 is 9.46 Å². The van der Waals surface area contributed by atoms with E-state index < -0.39 is 11.9 Å². The molecule has 0 unspecified atom stereocenters. The molecule has 0 atom stereocenters. The lowest BCUT2D eigenvalue weighted by atomic mass is 9.96. The molecule has 2 aromatic rings. The first-order chi connectivity index (χ1) is 11.3. The first-order valence-electron chi connectivity index (χ1n) is 6.96. The predicted octanol–water partition coefficient (Wildman–Crippen LogP) is 0.810. The van der Waals surface area contributed by atoms with Crippen LogP contribution in [-0.4, -0.2) is 26.2 Å². The highest BCUT2D eigenvalue weighted by atomic mass is 16.5. The molecule has 0 fully saturated rings. The van der Waals surface area contributed by atoms with Crippen LogP contribution in [0.5, 0.6) is 0 Å². The van der Waals surface area contributed by atoms with E-state index in [4.69, 9.17) is 4.74 Å². The Labute approximate surface area is 138 Å². The summed E-state index contributed by atoms with van der Waals surface area (Å²) < 4.78 is 10.4. The molecule has 0 saturated heterocycles. The maximum atomic E-state index is 12.7.